The zero-order chi connectivity index (χ0) is 14.5. The van der Waals surface area contributed by atoms with Gasteiger partial charge in [0.25, 0.3) is 0 Å². The molecule has 102 valence electrons. The molecule has 20 heavy (non-hydrogen) atoms. The molecule has 1 N–H and O–H groups in total. The largest absolute Gasteiger partial charge is 0.478 e. The van der Waals surface area contributed by atoms with Crippen LogP contribution < -0.4 is 4.74 Å². The molecule has 0 aliphatic rings. The first-order valence-corrected chi connectivity index (χ1v) is 6.25. The maximum atomic E-state index is 12.0. The van der Waals surface area contributed by atoms with Crippen molar-refractivity contribution < 1.29 is 19.4 Å². The molecule has 2 aromatic carbocycles. The summed E-state index contributed by atoms with van der Waals surface area (Å²) in [4.78, 5) is 23.1. The predicted molar refractivity (Wildman–Crippen MR) is 74.2 cm³/mol. The van der Waals surface area contributed by atoms with Crippen molar-refractivity contribution in [1.82, 2.24) is 0 Å². The highest BCUT2D eigenvalue weighted by molar-refractivity contribution is 6.03. The van der Waals surface area contributed by atoms with Gasteiger partial charge >= 0.3 is 11.9 Å². The molecule has 0 unspecified atom stereocenters. The van der Waals surface area contributed by atoms with E-state index in [1.807, 2.05) is 19.1 Å². The number of hydrogen-bond acceptors (Lipinski definition) is 3. The van der Waals surface area contributed by atoms with Crippen LogP contribution in [0.3, 0.4) is 0 Å². The molecule has 2 rings (SSSR count). The molecule has 0 saturated carbocycles. The van der Waals surface area contributed by atoms with Crippen molar-refractivity contribution in [2.24, 2.45) is 0 Å². The number of esters is 1. The number of carboxylic acid groups (broad SMARTS) is 1. The molecule has 0 radical (unpaired) electrons. The van der Waals surface area contributed by atoms with Crippen LogP contribution in [0, 0.1) is 0 Å². The summed E-state index contributed by atoms with van der Waals surface area (Å²) >= 11 is 0. The number of aromatic carboxylic acids is 1. The van der Waals surface area contributed by atoms with E-state index < -0.39 is 11.9 Å². The SMILES string of the molecule is CCc1ccc(OC(=O)c2ccccc2C(=O)O)cc1. The van der Waals surface area contributed by atoms with Gasteiger partial charge in [0.05, 0.1) is 11.1 Å². The van der Waals surface area contributed by atoms with Gasteiger partial charge in [-0.25, -0.2) is 9.59 Å². The Bertz CT molecular complexity index is 629. The molecule has 2 aromatic rings. The third-order valence-corrected chi connectivity index (χ3v) is 2.92. The lowest BCUT2D eigenvalue weighted by Gasteiger charge is -2.07. The minimum Gasteiger partial charge on any atom is -0.478 e. The molecule has 4 nitrogen and oxygen atoms in total. The molecule has 0 saturated heterocycles. The maximum absolute atomic E-state index is 12.0. The zero-order valence-electron chi connectivity index (χ0n) is 11.0. The first-order valence-electron chi connectivity index (χ1n) is 6.25. The van der Waals surface area contributed by atoms with Crippen molar-refractivity contribution >= 4 is 11.9 Å². The fraction of sp³-hybridized carbons (Fsp3) is 0.125. The molecule has 0 aliphatic heterocycles. The number of carbonyl (C=O) groups excluding carboxylic acids is 1. The van der Waals surface area contributed by atoms with Gasteiger partial charge in [-0.2, -0.15) is 0 Å². The predicted octanol–water partition coefficient (Wildman–Crippen LogP) is 3.17. The monoisotopic (exact) mass is 270 g/mol. The minimum atomic E-state index is -1.15. The summed E-state index contributed by atoms with van der Waals surface area (Å²) in [5.74, 6) is -1.43. The summed E-state index contributed by atoms with van der Waals surface area (Å²) in [6, 6.07) is 13.1. The average Bonchev–Trinajstić information content (AvgIpc) is 2.48. The highest BCUT2D eigenvalue weighted by Crippen LogP contribution is 2.16. The number of carbonyl (C=O) groups is 2. The van der Waals surface area contributed by atoms with Crippen molar-refractivity contribution in [2.75, 3.05) is 0 Å². The Morgan fingerprint density at radius 1 is 1.00 bits per heavy atom. The Morgan fingerprint density at radius 2 is 1.60 bits per heavy atom. The Kier molecular flexibility index (Phi) is 4.15. The second-order valence-electron chi connectivity index (χ2n) is 4.24. The van der Waals surface area contributed by atoms with E-state index in [0.717, 1.165) is 12.0 Å². The summed E-state index contributed by atoms with van der Waals surface area (Å²) in [6.45, 7) is 2.03. The van der Waals surface area contributed by atoms with Crippen LogP contribution in [0.1, 0.15) is 33.2 Å². The third kappa shape index (κ3) is 3.03. The molecular formula is C16H14O4. The molecule has 0 atom stereocenters. The number of ether oxygens (including phenoxy) is 1. The summed E-state index contributed by atoms with van der Waals surface area (Å²) < 4.78 is 5.19. The lowest BCUT2D eigenvalue weighted by atomic mass is 10.1. The maximum Gasteiger partial charge on any atom is 0.344 e. The summed E-state index contributed by atoms with van der Waals surface area (Å²) in [7, 11) is 0. The van der Waals surface area contributed by atoms with E-state index in [2.05, 4.69) is 0 Å². The van der Waals surface area contributed by atoms with Gasteiger partial charge in [-0.1, -0.05) is 31.2 Å². The van der Waals surface area contributed by atoms with Crippen molar-refractivity contribution in [2.45, 2.75) is 13.3 Å². The molecule has 0 aromatic heterocycles. The summed E-state index contributed by atoms with van der Waals surface area (Å²) in [6.07, 6.45) is 0.899. The van der Waals surface area contributed by atoms with Crippen LogP contribution in [-0.4, -0.2) is 17.0 Å². The van der Waals surface area contributed by atoms with E-state index >= 15 is 0 Å². The zero-order valence-corrected chi connectivity index (χ0v) is 11.0. The number of rotatable bonds is 4. The fourth-order valence-corrected chi connectivity index (χ4v) is 1.80. The fourth-order valence-electron chi connectivity index (χ4n) is 1.80. The standard InChI is InChI=1S/C16H14O4/c1-2-11-7-9-12(10-8-11)20-16(19)14-6-4-3-5-13(14)15(17)18/h3-10H,2H2,1H3,(H,17,18). The van der Waals surface area contributed by atoms with Gasteiger partial charge < -0.3 is 9.84 Å². The van der Waals surface area contributed by atoms with Crippen LogP contribution in [0.25, 0.3) is 0 Å². The van der Waals surface area contributed by atoms with Crippen LogP contribution in [0.2, 0.25) is 0 Å². The number of hydrogen-bond donors (Lipinski definition) is 1. The number of benzene rings is 2. The smallest absolute Gasteiger partial charge is 0.344 e. The van der Waals surface area contributed by atoms with Crippen molar-refractivity contribution in [1.29, 1.82) is 0 Å². The molecule has 0 spiro atoms. The molecule has 4 heteroatoms. The Morgan fingerprint density at radius 3 is 2.15 bits per heavy atom. The Hall–Kier alpha value is -2.62. The second-order valence-corrected chi connectivity index (χ2v) is 4.24. The van der Waals surface area contributed by atoms with Crippen LogP contribution >= 0.6 is 0 Å². The van der Waals surface area contributed by atoms with Gasteiger partial charge in [0.2, 0.25) is 0 Å². The molecule has 0 bridgehead atoms. The van der Waals surface area contributed by atoms with E-state index in [0.29, 0.717) is 5.75 Å². The molecular weight excluding hydrogens is 256 g/mol. The normalized spacial score (nSPS) is 10.1. The van der Waals surface area contributed by atoms with Crippen LogP contribution in [0.5, 0.6) is 5.75 Å². The Balaban J connectivity index is 2.21. The molecule has 0 aliphatic carbocycles. The van der Waals surface area contributed by atoms with E-state index in [9.17, 15) is 9.59 Å². The third-order valence-electron chi connectivity index (χ3n) is 2.92. The lowest BCUT2D eigenvalue weighted by Crippen LogP contribution is -2.13. The number of aryl methyl sites for hydroxylation is 1. The van der Waals surface area contributed by atoms with Crippen molar-refractivity contribution in [3.8, 4) is 5.75 Å². The first-order chi connectivity index (χ1) is 9.61. The summed E-state index contributed by atoms with van der Waals surface area (Å²) in [5.41, 5.74) is 1.11. The topological polar surface area (TPSA) is 63.6 Å². The van der Waals surface area contributed by atoms with Gasteiger partial charge in [-0.3, -0.25) is 0 Å². The quantitative estimate of drug-likeness (QED) is 0.684. The molecule has 0 fully saturated rings. The highest BCUT2D eigenvalue weighted by Gasteiger charge is 2.17. The van der Waals surface area contributed by atoms with Crippen LogP contribution in [-0.2, 0) is 6.42 Å². The van der Waals surface area contributed by atoms with Gasteiger partial charge in [0.1, 0.15) is 5.75 Å². The number of carboxylic acids is 1. The van der Waals surface area contributed by atoms with Crippen LogP contribution in [0.4, 0.5) is 0 Å². The second kappa shape index (κ2) is 6.02. The van der Waals surface area contributed by atoms with E-state index in [1.165, 1.54) is 12.1 Å². The minimum absolute atomic E-state index is 0.0413. The Labute approximate surface area is 116 Å². The lowest BCUT2D eigenvalue weighted by molar-refractivity contribution is 0.0668. The van der Waals surface area contributed by atoms with E-state index in [1.54, 1.807) is 24.3 Å². The molecule has 0 heterocycles. The summed E-state index contributed by atoms with van der Waals surface area (Å²) in [5, 5.41) is 9.04. The van der Waals surface area contributed by atoms with Crippen molar-refractivity contribution in [3.63, 3.8) is 0 Å². The first kappa shape index (κ1) is 13.8. The van der Waals surface area contributed by atoms with E-state index in [4.69, 9.17) is 9.84 Å². The van der Waals surface area contributed by atoms with Gasteiger partial charge in [0.15, 0.2) is 0 Å². The van der Waals surface area contributed by atoms with Gasteiger partial charge in [-0.05, 0) is 36.2 Å². The van der Waals surface area contributed by atoms with E-state index in [-0.39, 0.29) is 11.1 Å². The molecule has 0 amide bonds. The average molecular weight is 270 g/mol. The van der Waals surface area contributed by atoms with Crippen LogP contribution in [0.15, 0.2) is 48.5 Å². The van der Waals surface area contributed by atoms with Crippen molar-refractivity contribution in [3.05, 3.63) is 65.2 Å². The van der Waals surface area contributed by atoms with Gasteiger partial charge in [0, 0.05) is 0 Å². The highest BCUT2D eigenvalue weighted by atomic mass is 16.5. The van der Waals surface area contributed by atoms with Gasteiger partial charge in [-0.15, -0.1) is 0 Å².